The van der Waals surface area contributed by atoms with Gasteiger partial charge in [0.2, 0.25) is 0 Å². The summed E-state index contributed by atoms with van der Waals surface area (Å²) in [6.45, 7) is 10.1. The summed E-state index contributed by atoms with van der Waals surface area (Å²) in [7, 11) is -2.45. The molecule has 43 heavy (non-hydrogen) atoms. The SMILES string of the molecule is CCCCCCCCC(O)/C=C/CCc1ccccc1CCCCCO[Si](c1ccccc1)(c1ccccc1)C(C)(C)C. The molecule has 0 aromatic heterocycles. The predicted octanol–water partition coefficient (Wildman–Crippen LogP) is 9.58. The number of aryl methyl sites for hydroxylation is 2. The minimum Gasteiger partial charge on any atom is -0.407 e. The predicted molar refractivity (Wildman–Crippen MR) is 189 cm³/mol. The Labute approximate surface area is 264 Å². The van der Waals surface area contributed by atoms with Crippen LogP contribution in [-0.4, -0.2) is 26.1 Å². The van der Waals surface area contributed by atoms with Crippen LogP contribution in [0.1, 0.15) is 109 Å². The first kappa shape index (κ1) is 35.0. The van der Waals surface area contributed by atoms with E-state index in [1.807, 2.05) is 6.08 Å². The molecule has 3 aromatic carbocycles. The van der Waals surface area contributed by atoms with Crippen LogP contribution < -0.4 is 10.4 Å². The molecule has 234 valence electrons. The van der Waals surface area contributed by atoms with E-state index in [1.54, 1.807) is 0 Å². The van der Waals surface area contributed by atoms with E-state index in [9.17, 15) is 5.11 Å². The van der Waals surface area contributed by atoms with Gasteiger partial charge in [-0.3, -0.25) is 0 Å². The van der Waals surface area contributed by atoms with Crippen molar-refractivity contribution in [3.8, 4) is 0 Å². The molecule has 0 aliphatic rings. The monoisotopic (exact) mass is 598 g/mol. The average Bonchev–Trinajstić information content (AvgIpc) is 3.01. The van der Waals surface area contributed by atoms with Crippen molar-refractivity contribution in [2.45, 2.75) is 122 Å². The van der Waals surface area contributed by atoms with Crippen molar-refractivity contribution in [2.75, 3.05) is 6.61 Å². The van der Waals surface area contributed by atoms with E-state index >= 15 is 0 Å². The Kier molecular flexibility index (Phi) is 15.5. The van der Waals surface area contributed by atoms with Gasteiger partial charge < -0.3 is 9.53 Å². The molecule has 0 saturated heterocycles. The van der Waals surface area contributed by atoms with Crippen LogP contribution in [0, 0.1) is 0 Å². The molecule has 0 radical (unpaired) electrons. The van der Waals surface area contributed by atoms with E-state index in [0.29, 0.717) is 0 Å². The summed E-state index contributed by atoms with van der Waals surface area (Å²) in [6, 6.07) is 30.8. The van der Waals surface area contributed by atoms with Crippen LogP contribution in [0.25, 0.3) is 0 Å². The summed E-state index contributed by atoms with van der Waals surface area (Å²) < 4.78 is 7.08. The summed E-state index contributed by atoms with van der Waals surface area (Å²) >= 11 is 0. The third-order valence-corrected chi connectivity index (χ3v) is 13.8. The molecule has 0 spiro atoms. The molecule has 0 aliphatic heterocycles. The molecule has 2 nitrogen and oxygen atoms in total. The summed E-state index contributed by atoms with van der Waals surface area (Å²) in [5.41, 5.74) is 2.91. The maximum atomic E-state index is 10.3. The van der Waals surface area contributed by atoms with Gasteiger partial charge in [-0.15, -0.1) is 0 Å². The molecule has 0 heterocycles. The molecule has 1 unspecified atom stereocenters. The second kappa shape index (κ2) is 19.0. The Bertz CT molecular complexity index is 1130. The second-order valence-corrected chi connectivity index (χ2v) is 17.5. The van der Waals surface area contributed by atoms with Crippen LogP contribution in [-0.2, 0) is 17.3 Å². The molecule has 1 N–H and O–H groups in total. The van der Waals surface area contributed by atoms with Crippen molar-refractivity contribution >= 4 is 18.7 Å². The van der Waals surface area contributed by atoms with E-state index in [2.05, 4.69) is 119 Å². The van der Waals surface area contributed by atoms with Crippen molar-refractivity contribution in [3.05, 3.63) is 108 Å². The van der Waals surface area contributed by atoms with Crippen molar-refractivity contribution < 1.29 is 9.53 Å². The average molecular weight is 599 g/mol. The van der Waals surface area contributed by atoms with Crippen molar-refractivity contribution in [1.82, 2.24) is 0 Å². The standard InChI is InChI=1S/C40H58O2Si/c1-5-6-7-8-9-14-28-37(41)29-22-21-27-36-26-20-19-25-35(36)24-13-12-23-34-42-43(40(2,3)4,38-30-15-10-16-31-38)39-32-17-11-18-33-39/h10-11,15-20,22,25-26,29-33,37,41H,5-9,12-14,21,23-24,27-28,34H2,1-4H3/b29-22+. The lowest BCUT2D eigenvalue weighted by molar-refractivity contribution is 0.207. The number of hydrogen-bond acceptors (Lipinski definition) is 2. The van der Waals surface area contributed by atoms with Crippen molar-refractivity contribution in [2.24, 2.45) is 0 Å². The minimum absolute atomic E-state index is 0.0212. The van der Waals surface area contributed by atoms with Crippen LogP contribution in [0.3, 0.4) is 0 Å². The normalized spacial score (nSPS) is 13.0. The lowest BCUT2D eigenvalue weighted by atomic mass is 9.98. The van der Waals surface area contributed by atoms with Crippen LogP contribution in [0.15, 0.2) is 97.1 Å². The van der Waals surface area contributed by atoms with Gasteiger partial charge in [0.1, 0.15) is 0 Å². The quantitative estimate of drug-likeness (QED) is 0.0797. The third-order valence-electron chi connectivity index (χ3n) is 8.74. The maximum absolute atomic E-state index is 10.3. The zero-order chi connectivity index (χ0) is 30.8. The molecule has 3 heteroatoms. The lowest BCUT2D eigenvalue weighted by Gasteiger charge is -2.43. The zero-order valence-electron chi connectivity index (χ0n) is 27.6. The molecule has 0 aliphatic carbocycles. The number of aliphatic hydroxyl groups is 1. The van der Waals surface area contributed by atoms with Crippen molar-refractivity contribution in [3.63, 3.8) is 0 Å². The topological polar surface area (TPSA) is 29.5 Å². The first-order valence-corrected chi connectivity index (χ1v) is 19.0. The first-order chi connectivity index (χ1) is 20.9. The van der Waals surface area contributed by atoms with Crippen LogP contribution in [0.5, 0.6) is 0 Å². The van der Waals surface area contributed by atoms with Crippen LogP contribution in [0.2, 0.25) is 5.04 Å². The van der Waals surface area contributed by atoms with E-state index in [-0.39, 0.29) is 11.1 Å². The fourth-order valence-corrected chi connectivity index (χ4v) is 11.0. The van der Waals surface area contributed by atoms with Gasteiger partial charge in [0.15, 0.2) is 0 Å². The fraction of sp³-hybridized carbons (Fsp3) is 0.500. The zero-order valence-corrected chi connectivity index (χ0v) is 28.6. The molecule has 0 fully saturated rings. The third kappa shape index (κ3) is 11.2. The summed E-state index contributed by atoms with van der Waals surface area (Å²) in [6.07, 6.45) is 18.9. The highest BCUT2D eigenvalue weighted by molar-refractivity contribution is 6.99. The highest BCUT2D eigenvalue weighted by atomic mass is 28.4. The van der Waals surface area contributed by atoms with Gasteiger partial charge in [-0.2, -0.15) is 0 Å². The smallest absolute Gasteiger partial charge is 0.261 e. The number of benzene rings is 3. The minimum atomic E-state index is -2.45. The van der Waals surface area contributed by atoms with Gasteiger partial charge in [-0.1, -0.05) is 170 Å². The van der Waals surface area contributed by atoms with Gasteiger partial charge in [0.05, 0.1) is 6.10 Å². The number of rotatable bonds is 20. The first-order valence-electron chi connectivity index (χ1n) is 17.0. The van der Waals surface area contributed by atoms with E-state index < -0.39 is 8.32 Å². The Hall–Kier alpha value is -2.46. The van der Waals surface area contributed by atoms with E-state index in [0.717, 1.165) is 51.6 Å². The van der Waals surface area contributed by atoms with Crippen molar-refractivity contribution in [1.29, 1.82) is 0 Å². The van der Waals surface area contributed by atoms with Crippen LogP contribution in [0.4, 0.5) is 0 Å². The highest BCUT2D eigenvalue weighted by Crippen LogP contribution is 2.36. The van der Waals surface area contributed by atoms with Crippen LogP contribution >= 0.6 is 0 Å². The second-order valence-electron chi connectivity index (χ2n) is 13.2. The van der Waals surface area contributed by atoms with E-state index in [4.69, 9.17) is 4.43 Å². The molecule has 0 bridgehead atoms. The van der Waals surface area contributed by atoms with E-state index in [1.165, 1.54) is 60.0 Å². The molecule has 1 atom stereocenters. The molecular formula is C40H58O2Si. The maximum Gasteiger partial charge on any atom is 0.261 e. The number of allylic oxidation sites excluding steroid dienone is 1. The number of hydrogen-bond donors (Lipinski definition) is 1. The summed E-state index contributed by atoms with van der Waals surface area (Å²) in [5.74, 6) is 0. The Morgan fingerprint density at radius 3 is 1.81 bits per heavy atom. The number of unbranched alkanes of at least 4 members (excludes halogenated alkanes) is 7. The fourth-order valence-electron chi connectivity index (χ4n) is 6.35. The van der Waals surface area contributed by atoms with Gasteiger partial charge in [-0.25, -0.2) is 0 Å². The Morgan fingerprint density at radius 2 is 1.21 bits per heavy atom. The van der Waals surface area contributed by atoms with Gasteiger partial charge in [0.25, 0.3) is 8.32 Å². The Morgan fingerprint density at radius 1 is 0.674 bits per heavy atom. The molecule has 3 aromatic rings. The largest absolute Gasteiger partial charge is 0.407 e. The Balaban J connectivity index is 1.47. The molecular weight excluding hydrogens is 541 g/mol. The summed E-state index contributed by atoms with van der Waals surface area (Å²) in [4.78, 5) is 0. The van der Waals surface area contributed by atoms with Gasteiger partial charge in [-0.05, 0) is 65.1 Å². The van der Waals surface area contributed by atoms with Gasteiger partial charge >= 0.3 is 0 Å². The van der Waals surface area contributed by atoms with Gasteiger partial charge in [0, 0.05) is 6.61 Å². The summed E-state index contributed by atoms with van der Waals surface area (Å²) in [5, 5.41) is 13.0. The molecule has 0 saturated carbocycles. The molecule has 3 rings (SSSR count). The highest BCUT2D eigenvalue weighted by Gasteiger charge is 2.49. The lowest BCUT2D eigenvalue weighted by Crippen LogP contribution is -2.66. The molecule has 0 amide bonds. The number of aliphatic hydroxyl groups excluding tert-OH is 1.